The summed E-state index contributed by atoms with van der Waals surface area (Å²) in [5.41, 5.74) is 11.9. The Labute approximate surface area is 201 Å². The van der Waals surface area contributed by atoms with Crippen LogP contribution >= 0.6 is 0 Å². The summed E-state index contributed by atoms with van der Waals surface area (Å²) in [7, 11) is 0. The van der Waals surface area contributed by atoms with Gasteiger partial charge in [0.05, 0.1) is 11.6 Å². The highest BCUT2D eigenvalue weighted by Crippen LogP contribution is 2.41. The monoisotopic (exact) mass is 437 g/mol. The molecule has 0 saturated heterocycles. The Morgan fingerprint density at radius 2 is 1.30 bits per heavy atom. The lowest BCUT2D eigenvalue weighted by atomic mass is 9.70. The van der Waals surface area contributed by atoms with Crippen LogP contribution in [-0.4, -0.2) is 0 Å². The predicted octanol–water partition coefficient (Wildman–Crippen LogP) is 8.57. The van der Waals surface area contributed by atoms with Gasteiger partial charge in [0, 0.05) is 10.8 Å². The average Bonchev–Trinajstić information content (AvgIpc) is 2.74. The van der Waals surface area contributed by atoms with E-state index in [-0.39, 0.29) is 10.8 Å². The quantitative estimate of drug-likeness (QED) is 0.392. The van der Waals surface area contributed by atoms with Gasteiger partial charge in [0.15, 0.2) is 0 Å². The molecule has 1 nitrogen and oxygen atoms in total. The number of nitriles is 1. The third-order valence-corrected chi connectivity index (χ3v) is 7.77. The van der Waals surface area contributed by atoms with E-state index >= 15 is 0 Å². The molecule has 0 radical (unpaired) electrons. The molecular formula is C32H39N. The fourth-order valence-corrected chi connectivity index (χ4v) is 5.80. The molecule has 0 unspecified atom stereocenters. The zero-order valence-electron chi connectivity index (χ0n) is 22.1. The summed E-state index contributed by atoms with van der Waals surface area (Å²) in [5, 5.41) is 10.2. The zero-order valence-corrected chi connectivity index (χ0v) is 22.1. The summed E-state index contributed by atoms with van der Waals surface area (Å²) < 4.78 is 0. The van der Waals surface area contributed by atoms with Gasteiger partial charge in [0.2, 0.25) is 0 Å². The smallest absolute Gasteiger partial charge is 0.0994 e. The van der Waals surface area contributed by atoms with Gasteiger partial charge in [-0.2, -0.15) is 5.26 Å². The van der Waals surface area contributed by atoms with Crippen LogP contribution in [0.5, 0.6) is 0 Å². The highest BCUT2D eigenvalue weighted by molar-refractivity contribution is 5.56. The summed E-state index contributed by atoms with van der Waals surface area (Å²) >= 11 is 0. The molecule has 0 fully saturated rings. The molecule has 0 saturated carbocycles. The minimum atomic E-state index is -0.267. The van der Waals surface area contributed by atoms with Crippen molar-refractivity contribution in [2.45, 2.75) is 86.0 Å². The normalized spacial score (nSPS) is 12.2. The molecule has 0 bridgehead atoms. The van der Waals surface area contributed by atoms with Gasteiger partial charge in [0.1, 0.15) is 0 Å². The molecule has 3 aromatic rings. The molecule has 0 spiro atoms. The molecule has 0 N–H and O–H groups in total. The molecule has 3 rings (SSSR count). The standard InChI is InChI=1S/C32H39N/c1-20(2)27-15-17-28(24(6)23(27)5)32(9,10)29-16-14-26(18-25(29)19-33)31(7,8)30-21(3)12-11-13-22(30)4/h11-18,20H,1-10H3. The van der Waals surface area contributed by atoms with Crippen molar-refractivity contribution in [2.24, 2.45) is 0 Å². The molecule has 0 amide bonds. The summed E-state index contributed by atoms with van der Waals surface area (Å²) in [6, 6.07) is 20.1. The maximum atomic E-state index is 10.2. The first kappa shape index (κ1) is 24.8. The zero-order chi connectivity index (χ0) is 24.7. The molecule has 0 heterocycles. The van der Waals surface area contributed by atoms with Crippen molar-refractivity contribution >= 4 is 0 Å². The van der Waals surface area contributed by atoms with Crippen molar-refractivity contribution in [1.82, 2.24) is 0 Å². The molecule has 0 aromatic heterocycles. The summed E-state index contributed by atoms with van der Waals surface area (Å²) in [6.07, 6.45) is 0. The van der Waals surface area contributed by atoms with Gasteiger partial charge >= 0.3 is 0 Å². The van der Waals surface area contributed by atoms with Gasteiger partial charge in [-0.3, -0.25) is 0 Å². The van der Waals surface area contributed by atoms with Gasteiger partial charge in [-0.05, 0) is 89.8 Å². The van der Waals surface area contributed by atoms with Crippen molar-refractivity contribution in [1.29, 1.82) is 5.26 Å². The van der Waals surface area contributed by atoms with E-state index in [9.17, 15) is 5.26 Å². The molecule has 0 aliphatic rings. The number of aryl methyl sites for hydroxylation is 2. The first-order valence-electron chi connectivity index (χ1n) is 12.1. The van der Waals surface area contributed by atoms with Gasteiger partial charge < -0.3 is 0 Å². The van der Waals surface area contributed by atoms with Crippen LogP contribution in [0.2, 0.25) is 0 Å². The molecule has 3 aromatic carbocycles. The summed E-state index contributed by atoms with van der Waals surface area (Å²) in [5.74, 6) is 0.502. The Balaban J connectivity index is 2.15. The topological polar surface area (TPSA) is 23.8 Å². The molecule has 0 atom stereocenters. The Morgan fingerprint density at radius 3 is 1.85 bits per heavy atom. The van der Waals surface area contributed by atoms with E-state index in [1.54, 1.807) is 0 Å². The highest BCUT2D eigenvalue weighted by atomic mass is 14.4. The van der Waals surface area contributed by atoms with Crippen LogP contribution in [0.1, 0.15) is 103 Å². The van der Waals surface area contributed by atoms with Crippen molar-refractivity contribution < 1.29 is 0 Å². The van der Waals surface area contributed by atoms with Gasteiger partial charge in [-0.25, -0.2) is 0 Å². The van der Waals surface area contributed by atoms with Gasteiger partial charge in [0.25, 0.3) is 0 Å². The molecule has 33 heavy (non-hydrogen) atoms. The van der Waals surface area contributed by atoms with Crippen molar-refractivity contribution in [3.8, 4) is 6.07 Å². The van der Waals surface area contributed by atoms with Crippen LogP contribution in [-0.2, 0) is 10.8 Å². The fraction of sp³-hybridized carbons (Fsp3) is 0.406. The third-order valence-electron chi connectivity index (χ3n) is 7.77. The minimum Gasteiger partial charge on any atom is -0.192 e. The first-order valence-corrected chi connectivity index (χ1v) is 12.1. The van der Waals surface area contributed by atoms with E-state index in [1.807, 2.05) is 0 Å². The SMILES string of the molecule is Cc1cccc(C)c1C(C)(C)c1ccc(C(C)(C)c2ccc(C(C)C)c(C)c2C)c(C#N)c1. The predicted molar refractivity (Wildman–Crippen MR) is 141 cm³/mol. The Kier molecular flexibility index (Phi) is 6.63. The van der Waals surface area contributed by atoms with Crippen LogP contribution < -0.4 is 0 Å². The van der Waals surface area contributed by atoms with E-state index in [2.05, 4.69) is 124 Å². The molecule has 0 aliphatic heterocycles. The van der Waals surface area contributed by atoms with Crippen LogP contribution in [0.25, 0.3) is 0 Å². The molecule has 0 aliphatic carbocycles. The minimum absolute atomic E-state index is 0.185. The van der Waals surface area contributed by atoms with E-state index in [0.717, 1.165) is 11.1 Å². The van der Waals surface area contributed by atoms with Crippen molar-refractivity contribution in [3.63, 3.8) is 0 Å². The highest BCUT2D eigenvalue weighted by Gasteiger charge is 2.32. The Morgan fingerprint density at radius 1 is 0.727 bits per heavy atom. The fourth-order valence-electron chi connectivity index (χ4n) is 5.80. The van der Waals surface area contributed by atoms with Gasteiger partial charge in [-0.15, -0.1) is 0 Å². The Hall–Kier alpha value is -2.85. The second-order valence-corrected chi connectivity index (χ2v) is 11.0. The van der Waals surface area contributed by atoms with Crippen LogP contribution in [0.4, 0.5) is 0 Å². The van der Waals surface area contributed by atoms with E-state index in [0.29, 0.717) is 5.92 Å². The third kappa shape index (κ3) is 4.24. The lowest BCUT2D eigenvalue weighted by Gasteiger charge is -2.33. The first-order chi connectivity index (χ1) is 15.3. The van der Waals surface area contributed by atoms with Crippen LogP contribution in [0.15, 0.2) is 48.5 Å². The summed E-state index contributed by atoms with van der Waals surface area (Å²) in [6.45, 7) is 22.3. The van der Waals surface area contributed by atoms with Crippen LogP contribution in [0.3, 0.4) is 0 Å². The van der Waals surface area contributed by atoms with Crippen molar-refractivity contribution in [2.75, 3.05) is 0 Å². The van der Waals surface area contributed by atoms with Gasteiger partial charge in [-0.1, -0.05) is 84.0 Å². The maximum absolute atomic E-state index is 10.2. The summed E-state index contributed by atoms with van der Waals surface area (Å²) in [4.78, 5) is 0. The number of hydrogen-bond acceptors (Lipinski definition) is 1. The molecule has 172 valence electrons. The largest absolute Gasteiger partial charge is 0.192 e. The number of rotatable bonds is 5. The molecular weight excluding hydrogens is 398 g/mol. The van der Waals surface area contributed by atoms with E-state index in [4.69, 9.17) is 0 Å². The van der Waals surface area contributed by atoms with Crippen LogP contribution in [0, 0.1) is 39.0 Å². The number of benzene rings is 3. The second kappa shape index (κ2) is 8.83. The van der Waals surface area contributed by atoms with E-state index in [1.165, 1.54) is 44.5 Å². The second-order valence-electron chi connectivity index (χ2n) is 11.0. The van der Waals surface area contributed by atoms with E-state index < -0.39 is 0 Å². The lowest BCUT2D eigenvalue weighted by Crippen LogP contribution is -2.25. The number of nitrogens with zero attached hydrogens (tertiary/aromatic N) is 1. The average molecular weight is 438 g/mol. The Bertz CT molecular complexity index is 1210. The number of hydrogen-bond donors (Lipinski definition) is 0. The molecule has 1 heteroatoms. The van der Waals surface area contributed by atoms with Crippen molar-refractivity contribution in [3.05, 3.63) is 104 Å². The maximum Gasteiger partial charge on any atom is 0.0994 e. The lowest BCUT2D eigenvalue weighted by molar-refractivity contribution is 0.617.